The Bertz CT molecular complexity index is 1760. The maximum absolute atomic E-state index is 14.6. The Kier molecular flexibility index (Phi) is 4.53. The van der Waals surface area contributed by atoms with Gasteiger partial charge in [-0.3, -0.25) is 0 Å². The van der Waals surface area contributed by atoms with Crippen LogP contribution in [0.25, 0.3) is 10.8 Å². The van der Waals surface area contributed by atoms with Gasteiger partial charge in [0.1, 0.15) is 21.3 Å². The van der Waals surface area contributed by atoms with Crippen molar-refractivity contribution in [2.45, 2.75) is 16.2 Å². The smallest absolute Gasteiger partial charge is 0.331 e. The van der Waals surface area contributed by atoms with Crippen molar-refractivity contribution in [1.29, 1.82) is 0 Å². The molecule has 6 heteroatoms. The van der Waals surface area contributed by atoms with Crippen LogP contribution in [-0.4, -0.2) is 18.9 Å². The fourth-order valence-corrected chi connectivity index (χ4v) is 6.95. The van der Waals surface area contributed by atoms with Crippen molar-refractivity contribution in [3.8, 4) is 5.75 Å². The van der Waals surface area contributed by atoms with Crippen molar-refractivity contribution in [2.75, 3.05) is 0 Å². The highest BCUT2D eigenvalue weighted by atomic mass is 32.2. The van der Waals surface area contributed by atoms with Gasteiger partial charge in [-0.2, -0.15) is 0 Å². The van der Waals surface area contributed by atoms with Crippen LogP contribution >= 0.6 is 0 Å². The second-order valence-electron chi connectivity index (χ2n) is 9.40. The van der Waals surface area contributed by atoms with E-state index in [1.165, 1.54) is 12.1 Å². The average Bonchev–Trinajstić information content (AvgIpc) is 2.92. The third kappa shape index (κ3) is 2.88. The van der Waals surface area contributed by atoms with Crippen molar-refractivity contribution in [2.24, 2.45) is 0 Å². The van der Waals surface area contributed by atoms with Crippen LogP contribution in [0.3, 0.4) is 0 Å². The molecule has 0 amide bonds. The van der Waals surface area contributed by atoms with E-state index in [0.29, 0.717) is 5.39 Å². The lowest BCUT2D eigenvalue weighted by Gasteiger charge is -2.48. The molecule has 0 aromatic heterocycles. The van der Waals surface area contributed by atoms with E-state index in [-0.39, 0.29) is 21.9 Å². The Morgan fingerprint density at radius 2 is 1.11 bits per heavy atom. The molecule has 0 fully saturated rings. The summed E-state index contributed by atoms with van der Waals surface area (Å²) in [6.07, 6.45) is 0. The zero-order chi connectivity index (χ0) is 25.4. The topological polar surface area (TPSA) is 83.5 Å². The molecule has 2 bridgehead atoms. The SMILES string of the molecule is O=C(Oc1ccc(S(=O)(=O)[O-])c2ccccc12)C12c3ccccc3C(c3ccccc31)c1ccccc12. The number of fused-ring (bicyclic) bond motifs is 1. The normalized spacial score (nSPS) is 19.1. The minimum atomic E-state index is -4.72. The van der Waals surface area contributed by atoms with Gasteiger partial charge in [0.2, 0.25) is 0 Å². The summed E-state index contributed by atoms with van der Waals surface area (Å²) in [6.45, 7) is 0. The molecule has 3 aliphatic rings. The third-order valence-corrected chi connectivity index (χ3v) is 8.54. The van der Waals surface area contributed by atoms with Gasteiger partial charge in [0.25, 0.3) is 0 Å². The lowest BCUT2D eigenvalue weighted by molar-refractivity contribution is -0.138. The van der Waals surface area contributed by atoms with Gasteiger partial charge < -0.3 is 9.29 Å². The zero-order valence-corrected chi connectivity index (χ0v) is 20.2. The Morgan fingerprint density at radius 1 is 0.649 bits per heavy atom. The minimum Gasteiger partial charge on any atom is -0.744 e. The van der Waals surface area contributed by atoms with Crippen LogP contribution in [0.1, 0.15) is 39.3 Å². The molecule has 0 atom stereocenters. The Labute approximate surface area is 213 Å². The van der Waals surface area contributed by atoms with Gasteiger partial charge in [0, 0.05) is 16.7 Å². The summed E-state index contributed by atoms with van der Waals surface area (Å²) >= 11 is 0. The van der Waals surface area contributed by atoms with E-state index in [1.807, 2.05) is 54.6 Å². The molecule has 37 heavy (non-hydrogen) atoms. The summed E-state index contributed by atoms with van der Waals surface area (Å²) in [5, 5.41) is 0.595. The number of esters is 1. The molecule has 3 aliphatic carbocycles. The van der Waals surface area contributed by atoms with Crippen molar-refractivity contribution in [3.05, 3.63) is 143 Å². The molecule has 0 heterocycles. The molecular formula is C31H19O5S-. The molecular weight excluding hydrogens is 484 g/mol. The van der Waals surface area contributed by atoms with Crippen LogP contribution in [0.15, 0.2) is 114 Å². The lowest BCUT2D eigenvalue weighted by Crippen LogP contribution is -2.49. The molecule has 0 spiro atoms. The maximum Gasteiger partial charge on any atom is 0.331 e. The molecule has 0 unspecified atom stereocenters. The van der Waals surface area contributed by atoms with Gasteiger partial charge in [-0.05, 0) is 45.5 Å². The van der Waals surface area contributed by atoms with Crippen molar-refractivity contribution >= 4 is 26.9 Å². The number of hydrogen-bond donors (Lipinski definition) is 0. The second kappa shape index (κ2) is 7.62. The molecule has 5 nitrogen and oxygen atoms in total. The quantitative estimate of drug-likeness (QED) is 0.185. The molecule has 0 aliphatic heterocycles. The van der Waals surface area contributed by atoms with E-state index < -0.39 is 21.5 Å². The van der Waals surface area contributed by atoms with Crippen LogP contribution in [0, 0.1) is 0 Å². The van der Waals surface area contributed by atoms with Crippen LogP contribution in [0.4, 0.5) is 0 Å². The van der Waals surface area contributed by atoms with Gasteiger partial charge in [0.15, 0.2) is 0 Å². The van der Waals surface area contributed by atoms with Gasteiger partial charge in [-0.1, -0.05) is 97.1 Å². The Hall–Kier alpha value is -4.26. The van der Waals surface area contributed by atoms with Crippen LogP contribution in [-0.2, 0) is 20.3 Å². The number of benzene rings is 5. The van der Waals surface area contributed by atoms with E-state index in [2.05, 4.69) is 18.2 Å². The third-order valence-electron chi connectivity index (χ3n) is 7.65. The summed E-state index contributed by atoms with van der Waals surface area (Å²) in [5.41, 5.74) is 4.63. The first kappa shape index (κ1) is 22.0. The monoisotopic (exact) mass is 503 g/mol. The standard InChI is InChI=1S/C31H20O5S/c32-30(36-27-17-18-28(37(33,34)35)20-10-2-1-9-19(20)27)31-24-14-6-3-11-21(24)29(22-12-4-7-15-25(22)31)23-13-5-8-16-26(23)31/h1-18,29H,(H,33,34,35)/p-1. The fraction of sp³-hybridized carbons (Fsp3) is 0.0645. The predicted molar refractivity (Wildman–Crippen MR) is 138 cm³/mol. The highest BCUT2D eigenvalue weighted by molar-refractivity contribution is 7.86. The maximum atomic E-state index is 14.6. The van der Waals surface area contributed by atoms with E-state index in [0.717, 1.165) is 33.4 Å². The number of carbonyl (C=O) groups is 1. The van der Waals surface area contributed by atoms with E-state index in [9.17, 15) is 17.8 Å². The first-order valence-electron chi connectivity index (χ1n) is 11.9. The van der Waals surface area contributed by atoms with Crippen molar-refractivity contribution in [3.63, 3.8) is 0 Å². The van der Waals surface area contributed by atoms with E-state index >= 15 is 0 Å². The summed E-state index contributed by atoms with van der Waals surface area (Å²) in [7, 11) is -4.72. The largest absolute Gasteiger partial charge is 0.744 e. The Balaban J connectivity index is 1.49. The van der Waals surface area contributed by atoms with E-state index in [4.69, 9.17) is 4.74 Å². The zero-order valence-electron chi connectivity index (χ0n) is 19.4. The molecule has 180 valence electrons. The van der Waals surface area contributed by atoms with Crippen molar-refractivity contribution < 1.29 is 22.5 Å². The van der Waals surface area contributed by atoms with Crippen LogP contribution in [0.5, 0.6) is 5.75 Å². The highest BCUT2D eigenvalue weighted by Gasteiger charge is 2.57. The molecule has 0 N–H and O–H groups in total. The van der Waals surface area contributed by atoms with E-state index in [1.54, 1.807) is 24.3 Å². The number of rotatable bonds is 3. The molecule has 0 radical (unpaired) electrons. The predicted octanol–water partition coefficient (Wildman–Crippen LogP) is 5.49. The van der Waals surface area contributed by atoms with Gasteiger partial charge in [0.05, 0.1) is 4.90 Å². The van der Waals surface area contributed by atoms with Gasteiger partial charge in [-0.15, -0.1) is 0 Å². The number of hydrogen-bond acceptors (Lipinski definition) is 5. The fourth-order valence-electron chi connectivity index (χ4n) is 6.27. The first-order chi connectivity index (χ1) is 17.9. The minimum absolute atomic E-state index is 0.0145. The molecule has 5 aromatic rings. The summed E-state index contributed by atoms with van der Waals surface area (Å²) in [4.78, 5) is 14.2. The van der Waals surface area contributed by atoms with Gasteiger partial charge in [-0.25, -0.2) is 13.2 Å². The first-order valence-corrected chi connectivity index (χ1v) is 13.3. The lowest BCUT2D eigenvalue weighted by atomic mass is 9.53. The van der Waals surface area contributed by atoms with Crippen LogP contribution in [0.2, 0.25) is 0 Å². The number of ether oxygens (including phenoxy) is 1. The van der Waals surface area contributed by atoms with Crippen molar-refractivity contribution in [1.82, 2.24) is 0 Å². The summed E-state index contributed by atoms with van der Waals surface area (Å²) in [6, 6.07) is 33.1. The molecule has 0 saturated heterocycles. The van der Waals surface area contributed by atoms with Crippen LogP contribution < -0.4 is 4.74 Å². The molecule has 8 rings (SSSR count). The summed E-state index contributed by atoms with van der Waals surface area (Å²) < 4.78 is 41.8. The number of carbonyl (C=O) groups excluding carboxylic acids is 1. The average molecular weight is 504 g/mol. The molecule has 0 saturated carbocycles. The highest BCUT2D eigenvalue weighted by Crippen LogP contribution is 2.59. The van der Waals surface area contributed by atoms with Gasteiger partial charge >= 0.3 is 5.97 Å². The summed E-state index contributed by atoms with van der Waals surface area (Å²) in [5.74, 6) is -0.274. The Morgan fingerprint density at radius 3 is 1.62 bits per heavy atom. The second-order valence-corrected chi connectivity index (χ2v) is 10.7. The molecule has 5 aromatic carbocycles.